The van der Waals surface area contributed by atoms with Gasteiger partial charge in [0.05, 0.1) is 19.2 Å². The molecule has 3 amide bonds. The Balaban J connectivity index is 1.99. The fourth-order valence-electron chi connectivity index (χ4n) is 2.55. The lowest BCUT2D eigenvalue weighted by molar-refractivity contribution is -0.130. The van der Waals surface area contributed by atoms with E-state index in [0.29, 0.717) is 11.3 Å². The molecule has 0 fully saturated rings. The summed E-state index contributed by atoms with van der Waals surface area (Å²) >= 11 is 0. The van der Waals surface area contributed by atoms with Crippen LogP contribution in [-0.4, -0.2) is 48.6 Å². The molecule has 1 atom stereocenters. The summed E-state index contributed by atoms with van der Waals surface area (Å²) < 4.78 is 0. The number of rotatable bonds is 9. The molecule has 10 heteroatoms. The van der Waals surface area contributed by atoms with Crippen molar-refractivity contribution >= 4 is 23.4 Å². The second kappa shape index (κ2) is 11.3. The highest BCUT2D eigenvalue weighted by Gasteiger charge is 2.19. The SMILES string of the molecule is N#CCNCC(=O)Nc1ccc(-c2ccc(C(=O)N[C@@H](CN)C(=O)NO)cc2)cc1. The Labute approximate surface area is 173 Å². The highest BCUT2D eigenvalue weighted by atomic mass is 16.5. The van der Waals surface area contributed by atoms with E-state index in [1.54, 1.807) is 36.4 Å². The molecule has 0 aliphatic carbocycles. The predicted molar refractivity (Wildman–Crippen MR) is 109 cm³/mol. The van der Waals surface area contributed by atoms with Crippen molar-refractivity contribution in [1.82, 2.24) is 16.1 Å². The zero-order valence-corrected chi connectivity index (χ0v) is 16.0. The average molecular weight is 410 g/mol. The van der Waals surface area contributed by atoms with E-state index in [-0.39, 0.29) is 25.5 Å². The van der Waals surface area contributed by atoms with Crippen molar-refractivity contribution in [3.8, 4) is 17.2 Å². The summed E-state index contributed by atoms with van der Waals surface area (Å²) in [6.45, 7) is -0.0147. The number of carbonyl (C=O) groups is 3. The van der Waals surface area contributed by atoms with Gasteiger partial charge >= 0.3 is 0 Å². The summed E-state index contributed by atoms with van der Waals surface area (Å²) in [4.78, 5) is 35.4. The van der Waals surface area contributed by atoms with Crippen LogP contribution in [0.2, 0.25) is 0 Å². The molecule has 2 aromatic rings. The second-order valence-corrected chi connectivity index (χ2v) is 6.20. The van der Waals surface area contributed by atoms with Crippen molar-refractivity contribution in [3.05, 3.63) is 54.1 Å². The van der Waals surface area contributed by atoms with E-state index in [9.17, 15) is 14.4 Å². The van der Waals surface area contributed by atoms with Gasteiger partial charge in [0.2, 0.25) is 5.91 Å². The second-order valence-electron chi connectivity index (χ2n) is 6.20. The summed E-state index contributed by atoms with van der Waals surface area (Å²) in [7, 11) is 0. The largest absolute Gasteiger partial charge is 0.339 e. The summed E-state index contributed by atoms with van der Waals surface area (Å²) in [6.07, 6.45) is 0. The third-order valence-corrected chi connectivity index (χ3v) is 4.11. The zero-order chi connectivity index (χ0) is 21.9. The number of amides is 3. The number of nitrogens with two attached hydrogens (primary N) is 1. The number of benzene rings is 2. The first kappa shape index (κ1) is 22.5. The molecule has 2 aromatic carbocycles. The molecular weight excluding hydrogens is 388 g/mol. The van der Waals surface area contributed by atoms with Crippen LogP contribution in [0, 0.1) is 11.3 Å². The van der Waals surface area contributed by atoms with Gasteiger partial charge in [0, 0.05) is 17.8 Å². The quantitative estimate of drug-likeness (QED) is 0.146. The Kier molecular flexibility index (Phi) is 8.46. The fraction of sp³-hybridized carbons (Fsp3) is 0.200. The van der Waals surface area contributed by atoms with Crippen molar-refractivity contribution in [3.63, 3.8) is 0 Å². The molecule has 0 saturated heterocycles. The molecule has 0 unspecified atom stereocenters. The normalized spacial score (nSPS) is 11.1. The van der Waals surface area contributed by atoms with Crippen LogP contribution >= 0.6 is 0 Å². The van der Waals surface area contributed by atoms with Crippen molar-refractivity contribution in [1.29, 1.82) is 5.26 Å². The topological polar surface area (TPSA) is 169 Å². The van der Waals surface area contributed by atoms with Gasteiger partial charge in [-0.05, 0) is 35.4 Å². The third-order valence-electron chi connectivity index (χ3n) is 4.11. The highest BCUT2D eigenvalue weighted by molar-refractivity contribution is 5.98. The Morgan fingerprint density at radius 1 is 1.03 bits per heavy atom. The van der Waals surface area contributed by atoms with Crippen LogP contribution in [0.15, 0.2) is 48.5 Å². The molecule has 0 spiro atoms. The van der Waals surface area contributed by atoms with Gasteiger partial charge in [-0.1, -0.05) is 24.3 Å². The van der Waals surface area contributed by atoms with Crippen LogP contribution < -0.4 is 27.2 Å². The first-order valence-electron chi connectivity index (χ1n) is 9.01. The summed E-state index contributed by atoms with van der Waals surface area (Å²) in [5.41, 5.74) is 9.55. The Hall–Kier alpha value is -3.78. The fourth-order valence-corrected chi connectivity index (χ4v) is 2.55. The van der Waals surface area contributed by atoms with Gasteiger partial charge in [-0.15, -0.1) is 0 Å². The Bertz CT molecular complexity index is 922. The van der Waals surface area contributed by atoms with Crippen molar-refractivity contribution in [2.24, 2.45) is 5.73 Å². The van der Waals surface area contributed by atoms with Crippen molar-refractivity contribution in [2.45, 2.75) is 6.04 Å². The lowest BCUT2D eigenvalue weighted by atomic mass is 10.0. The number of nitriles is 1. The third kappa shape index (κ3) is 6.39. The molecule has 7 N–H and O–H groups in total. The minimum absolute atomic E-state index is 0.0455. The maximum Gasteiger partial charge on any atom is 0.267 e. The number of nitrogens with zero attached hydrogens (tertiary/aromatic N) is 1. The summed E-state index contributed by atoms with van der Waals surface area (Å²) in [5, 5.41) is 24.9. The zero-order valence-electron chi connectivity index (χ0n) is 16.0. The van der Waals surface area contributed by atoms with Crippen LogP contribution in [0.3, 0.4) is 0 Å². The number of hydroxylamine groups is 1. The first-order valence-corrected chi connectivity index (χ1v) is 9.01. The standard InChI is InChI=1S/C20H22N6O4/c21-9-10-23-12-18(27)24-16-7-5-14(6-8-16)13-1-3-15(4-2-13)19(28)25-17(11-22)20(29)26-30/h1-8,17,23,30H,10-12,22H2,(H,24,27)(H,25,28)(H,26,29)/t17-/m0/s1. The lowest BCUT2D eigenvalue weighted by Crippen LogP contribution is -2.50. The molecule has 0 aliphatic heterocycles. The molecule has 30 heavy (non-hydrogen) atoms. The molecule has 2 rings (SSSR count). The van der Waals surface area contributed by atoms with Gasteiger partial charge in [0.1, 0.15) is 6.04 Å². The predicted octanol–water partition coefficient (Wildman–Crippen LogP) is -0.0322. The Morgan fingerprint density at radius 3 is 2.17 bits per heavy atom. The molecule has 0 bridgehead atoms. The molecule has 0 aromatic heterocycles. The summed E-state index contributed by atoms with van der Waals surface area (Å²) in [6, 6.07) is 14.7. The number of hydrogen-bond acceptors (Lipinski definition) is 7. The van der Waals surface area contributed by atoms with E-state index in [2.05, 4.69) is 16.0 Å². The van der Waals surface area contributed by atoms with E-state index in [4.69, 9.17) is 16.2 Å². The first-order chi connectivity index (χ1) is 14.5. The van der Waals surface area contributed by atoms with Crippen LogP contribution in [0.25, 0.3) is 11.1 Å². The number of hydrogen-bond donors (Lipinski definition) is 6. The van der Waals surface area contributed by atoms with Gasteiger partial charge in [-0.2, -0.15) is 5.26 Å². The van der Waals surface area contributed by atoms with Crippen LogP contribution in [0.5, 0.6) is 0 Å². The van der Waals surface area contributed by atoms with E-state index < -0.39 is 17.9 Å². The smallest absolute Gasteiger partial charge is 0.267 e. The van der Waals surface area contributed by atoms with Gasteiger partial charge < -0.3 is 16.4 Å². The highest BCUT2D eigenvalue weighted by Crippen LogP contribution is 2.22. The Morgan fingerprint density at radius 2 is 1.63 bits per heavy atom. The van der Waals surface area contributed by atoms with E-state index in [1.165, 1.54) is 5.48 Å². The van der Waals surface area contributed by atoms with E-state index in [0.717, 1.165) is 11.1 Å². The van der Waals surface area contributed by atoms with Gasteiger partial charge in [-0.25, -0.2) is 5.48 Å². The number of carbonyl (C=O) groups excluding carboxylic acids is 3. The molecule has 0 aliphatic rings. The lowest BCUT2D eigenvalue weighted by Gasteiger charge is -2.14. The molecule has 0 radical (unpaired) electrons. The molecular formula is C20H22N6O4. The van der Waals surface area contributed by atoms with Gasteiger partial charge in [-0.3, -0.25) is 24.9 Å². The van der Waals surface area contributed by atoms with Crippen LogP contribution in [0.1, 0.15) is 10.4 Å². The van der Waals surface area contributed by atoms with E-state index in [1.807, 2.05) is 18.2 Å². The minimum Gasteiger partial charge on any atom is -0.339 e. The van der Waals surface area contributed by atoms with Gasteiger partial charge in [0.25, 0.3) is 11.8 Å². The summed E-state index contributed by atoms with van der Waals surface area (Å²) in [5.74, 6) is -1.54. The molecule has 10 nitrogen and oxygen atoms in total. The molecule has 156 valence electrons. The molecule has 0 saturated carbocycles. The van der Waals surface area contributed by atoms with Crippen LogP contribution in [0.4, 0.5) is 5.69 Å². The number of anilines is 1. The number of nitrogens with one attached hydrogen (secondary N) is 4. The van der Waals surface area contributed by atoms with E-state index >= 15 is 0 Å². The minimum atomic E-state index is -1.04. The van der Waals surface area contributed by atoms with Crippen molar-refractivity contribution in [2.75, 3.05) is 25.0 Å². The van der Waals surface area contributed by atoms with Gasteiger partial charge in [0.15, 0.2) is 0 Å². The maximum absolute atomic E-state index is 12.2. The maximum atomic E-state index is 12.2. The van der Waals surface area contributed by atoms with Crippen LogP contribution in [-0.2, 0) is 9.59 Å². The average Bonchev–Trinajstić information content (AvgIpc) is 2.77. The van der Waals surface area contributed by atoms with Crippen molar-refractivity contribution < 1.29 is 19.6 Å². The molecule has 0 heterocycles. The monoisotopic (exact) mass is 410 g/mol.